The van der Waals surface area contributed by atoms with Crippen LogP contribution in [-0.4, -0.2) is 36.0 Å². The van der Waals surface area contributed by atoms with Gasteiger partial charge < -0.3 is 19.8 Å². The van der Waals surface area contributed by atoms with Crippen LogP contribution in [0, 0.1) is 11.8 Å². The highest BCUT2D eigenvalue weighted by Crippen LogP contribution is 2.42. The van der Waals surface area contributed by atoms with Crippen LogP contribution in [0.2, 0.25) is 0 Å². The number of hydrogen-bond donors (Lipinski definition) is 2. The summed E-state index contributed by atoms with van der Waals surface area (Å²) in [7, 11) is 3.18. The molecular weight excluding hydrogens is 432 g/mol. The van der Waals surface area contributed by atoms with Crippen LogP contribution in [0.4, 0.5) is 5.69 Å². The third-order valence-corrected chi connectivity index (χ3v) is 5.49. The summed E-state index contributed by atoms with van der Waals surface area (Å²) in [5.74, 6) is 7.38. The summed E-state index contributed by atoms with van der Waals surface area (Å²) >= 11 is 3.58. The van der Waals surface area contributed by atoms with Gasteiger partial charge in [-0.25, -0.2) is 4.98 Å². The van der Waals surface area contributed by atoms with Gasteiger partial charge in [0, 0.05) is 24.7 Å². The number of anilines is 1. The van der Waals surface area contributed by atoms with Gasteiger partial charge in [0.05, 0.1) is 29.5 Å². The fourth-order valence-corrected chi connectivity index (χ4v) is 3.71. The quantitative estimate of drug-likeness (QED) is 0.577. The number of aromatic nitrogens is 2. The molecule has 4 rings (SSSR count). The molecule has 0 radical (unpaired) electrons. The van der Waals surface area contributed by atoms with Crippen molar-refractivity contribution in [3.05, 3.63) is 58.0 Å². The van der Waals surface area contributed by atoms with E-state index in [1.165, 1.54) is 18.5 Å². The van der Waals surface area contributed by atoms with Gasteiger partial charge in [0.25, 0.3) is 5.91 Å². The molecule has 3 aromatic rings. The Morgan fingerprint density at radius 1 is 1.38 bits per heavy atom. The molecule has 0 spiro atoms. The maximum Gasteiger partial charge on any atom is 0.251 e. The van der Waals surface area contributed by atoms with Crippen molar-refractivity contribution in [3.8, 4) is 17.6 Å². The molecule has 2 heterocycles. The molecule has 1 aliphatic carbocycles. The van der Waals surface area contributed by atoms with Gasteiger partial charge in [-0.15, -0.1) is 0 Å². The largest absolute Gasteiger partial charge is 0.495 e. The molecule has 7 heteroatoms. The van der Waals surface area contributed by atoms with E-state index in [1.54, 1.807) is 26.3 Å². The van der Waals surface area contributed by atoms with E-state index in [9.17, 15) is 4.79 Å². The highest BCUT2D eigenvalue weighted by atomic mass is 79.9. The smallest absolute Gasteiger partial charge is 0.251 e. The minimum Gasteiger partial charge on any atom is -0.495 e. The van der Waals surface area contributed by atoms with Crippen molar-refractivity contribution in [2.45, 2.75) is 18.8 Å². The summed E-state index contributed by atoms with van der Waals surface area (Å²) in [5, 5.41) is 5.86. The Morgan fingerprint density at radius 2 is 2.21 bits per heavy atom. The van der Waals surface area contributed by atoms with Crippen LogP contribution in [0.3, 0.4) is 0 Å². The van der Waals surface area contributed by atoms with Crippen LogP contribution in [0.25, 0.3) is 5.65 Å². The molecule has 2 N–H and O–H groups in total. The van der Waals surface area contributed by atoms with E-state index < -0.39 is 0 Å². The Kier molecular flexibility index (Phi) is 5.45. The van der Waals surface area contributed by atoms with Crippen molar-refractivity contribution in [1.29, 1.82) is 0 Å². The normalized spacial score (nSPS) is 12.9. The second-order valence-corrected chi connectivity index (χ2v) is 7.67. The number of methoxy groups -OCH3 is 1. The molecule has 1 aromatic carbocycles. The lowest BCUT2D eigenvalue weighted by Crippen LogP contribution is -2.17. The van der Waals surface area contributed by atoms with Gasteiger partial charge in [0.15, 0.2) is 5.65 Å². The van der Waals surface area contributed by atoms with Gasteiger partial charge >= 0.3 is 0 Å². The molecule has 1 aliphatic rings. The number of carbonyl (C=O) groups excluding carboxylic acids is 1. The Balaban J connectivity index is 1.54. The maximum atomic E-state index is 11.8. The van der Waals surface area contributed by atoms with E-state index in [2.05, 4.69) is 42.8 Å². The summed E-state index contributed by atoms with van der Waals surface area (Å²) < 4.78 is 8.50. The first kappa shape index (κ1) is 19.3. The van der Waals surface area contributed by atoms with Crippen LogP contribution < -0.4 is 15.4 Å². The van der Waals surface area contributed by atoms with Gasteiger partial charge in [0.2, 0.25) is 0 Å². The first-order valence-corrected chi connectivity index (χ1v) is 10.2. The molecule has 0 saturated heterocycles. The summed E-state index contributed by atoms with van der Waals surface area (Å²) in [5.41, 5.74) is 4.27. The van der Waals surface area contributed by atoms with Crippen LogP contribution in [-0.2, 0) is 0 Å². The van der Waals surface area contributed by atoms with Crippen molar-refractivity contribution in [2.24, 2.45) is 0 Å². The number of hydrogen-bond acceptors (Lipinski definition) is 4. The molecule has 0 aliphatic heterocycles. The lowest BCUT2D eigenvalue weighted by molar-refractivity contribution is 0.0963. The van der Waals surface area contributed by atoms with Crippen molar-refractivity contribution >= 4 is 33.2 Å². The van der Waals surface area contributed by atoms with Gasteiger partial charge in [-0.2, -0.15) is 0 Å². The first-order chi connectivity index (χ1) is 14.1. The third kappa shape index (κ3) is 3.94. The lowest BCUT2D eigenvalue weighted by Gasteiger charge is -2.10. The Labute approximate surface area is 177 Å². The van der Waals surface area contributed by atoms with Crippen molar-refractivity contribution in [2.75, 3.05) is 26.0 Å². The average Bonchev–Trinajstić information content (AvgIpc) is 3.51. The van der Waals surface area contributed by atoms with E-state index in [4.69, 9.17) is 9.72 Å². The van der Waals surface area contributed by atoms with E-state index in [1.807, 2.05) is 24.4 Å². The molecule has 0 bridgehead atoms. The number of fused-ring (bicyclic) bond motifs is 1. The fraction of sp³-hybridized carbons (Fsp3) is 0.273. The van der Waals surface area contributed by atoms with E-state index >= 15 is 0 Å². The summed E-state index contributed by atoms with van der Waals surface area (Å²) in [6.45, 7) is 0.439. The summed E-state index contributed by atoms with van der Waals surface area (Å²) in [6, 6.07) is 9.29. The highest BCUT2D eigenvalue weighted by Gasteiger charge is 2.30. The minimum absolute atomic E-state index is 0.153. The van der Waals surface area contributed by atoms with Gasteiger partial charge in [-0.1, -0.05) is 5.92 Å². The van der Waals surface area contributed by atoms with Crippen LogP contribution in [0.5, 0.6) is 5.75 Å². The highest BCUT2D eigenvalue weighted by molar-refractivity contribution is 9.10. The molecule has 148 valence electrons. The lowest BCUT2D eigenvalue weighted by atomic mass is 10.1. The number of halogens is 1. The van der Waals surface area contributed by atoms with Crippen molar-refractivity contribution in [3.63, 3.8) is 0 Å². The zero-order valence-electron chi connectivity index (χ0n) is 16.3. The standard InChI is InChI=1S/C22H21BrN4O2/c1-24-22(28)15-9-10-17(19(13-15)29-2)25-11-3-6-18-20(14-7-8-14)27-12-4-5-16(23)21(27)26-18/h4-5,9-10,12-14,25H,7-8,11H2,1-2H3,(H,24,28). The first-order valence-electron chi connectivity index (χ1n) is 9.41. The molecule has 2 aromatic heterocycles. The average molecular weight is 453 g/mol. The topological polar surface area (TPSA) is 67.7 Å². The monoisotopic (exact) mass is 452 g/mol. The number of nitrogens with one attached hydrogen (secondary N) is 2. The third-order valence-electron chi connectivity index (χ3n) is 4.87. The predicted octanol–water partition coefficient (Wildman–Crippen LogP) is 3.81. The molecule has 6 nitrogen and oxygen atoms in total. The number of rotatable bonds is 5. The fourth-order valence-electron chi connectivity index (χ4n) is 3.28. The minimum atomic E-state index is -0.153. The van der Waals surface area contributed by atoms with Gasteiger partial charge in [-0.3, -0.25) is 4.79 Å². The van der Waals surface area contributed by atoms with Crippen molar-refractivity contribution in [1.82, 2.24) is 14.7 Å². The number of pyridine rings is 1. The van der Waals surface area contributed by atoms with Crippen LogP contribution >= 0.6 is 15.9 Å². The second kappa shape index (κ2) is 8.18. The summed E-state index contributed by atoms with van der Waals surface area (Å²) in [4.78, 5) is 16.5. The molecule has 0 atom stereocenters. The predicted molar refractivity (Wildman–Crippen MR) is 117 cm³/mol. The summed E-state index contributed by atoms with van der Waals surface area (Å²) in [6.07, 6.45) is 4.41. The Bertz CT molecular complexity index is 1140. The van der Waals surface area contributed by atoms with E-state index in [0.29, 0.717) is 23.8 Å². The number of benzene rings is 1. The second-order valence-electron chi connectivity index (χ2n) is 6.82. The zero-order chi connectivity index (χ0) is 20.4. The molecular formula is C22H21BrN4O2. The maximum absolute atomic E-state index is 11.8. The van der Waals surface area contributed by atoms with Crippen molar-refractivity contribution < 1.29 is 9.53 Å². The van der Waals surface area contributed by atoms with Gasteiger partial charge in [0.1, 0.15) is 11.4 Å². The van der Waals surface area contributed by atoms with E-state index in [0.717, 1.165) is 21.5 Å². The number of carbonyl (C=O) groups is 1. The molecule has 0 unspecified atom stereocenters. The molecule has 1 amide bonds. The van der Waals surface area contributed by atoms with Crippen LogP contribution in [0.1, 0.15) is 40.5 Å². The molecule has 29 heavy (non-hydrogen) atoms. The van der Waals surface area contributed by atoms with Gasteiger partial charge in [-0.05, 0) is 65.0 Å². The Morgan fingerprint density at radius 3 is 2.93 bits per heavy atom. The Hall–Kier alpha value is -2.98. The number of imidazole rings is 1. The SMILES string of the molecule is CNC(=O)c1ccc(NCC#Cc2nc3c(Br)cccn3c2C2CC2)c(OC)c1. The molecule has 1 saturated carbocycles. The number of ether oxygens (including phenoxy) is 1. The van der Waals surface area contributed by atoms with E-state index in [-0.39, 0.29) is 5.91 Å². The number of nitrogens with zero attached hydrogens (tertiary/aromatic N) is 2. The molecule has 1 fully saturated rings. The zero-order valence-corrected chi connectivity index (χ0v) is 17.8. The van der Waals surface area contributed by atoms with Crippen LogP contribution in [0.15, 0.2) is 41.0 Å². The number of amides is 1.